The quantitative estimate of drug-likeness (QED) is 0.733. The molecule has 1 aromatic heterocycles. The molecular formula is C13H17N3O3S. The average molecular weight is 295 g/mol. The number of nitrogens with two attached hydrogens (primary N) is 1. The van der Waals surface area contributed by atoms with Crippen molar-refractivity contribution < 1.29 is 13.2 Å². The van der Waals surface area contributed by atoms with Gasteiger partial charge in [-0.3, -0.25) is 9.78 Å². The Labute approximate surface area is 118 Å². The third-order valence-corrected chi connectivity index (χ3v) is 3.43. The minimum atomic E-state index is -3.15. The molecule has 1 atom stereocenters. The zero-order chi connectivity index (χ0) is 15.2. The highest BCUT2D eigenvalue weighted by Crippen LogP contribution is 2.06. The van der Waals surface area contributed by atoms with Gasteiger partial charge in [0.25, 0.3) is 5.91 Å². The van der Waals surface area contributed by atoms with Crippen LogP contribution in [0.25, 0.3) is 0 Å². The first-order chi connectivity index (χ1) is 9.33. The van der Waals surface area contributed by atoms with Crippen LogP contribution in [-0.4, -0.2) is 43.9 Å². The number of carbonyl (C=O) groups is 1. The monoisotopic (exact) mass is 295 g/mol. The minimum Gasteiger partial charge on any atom is -0.349 e. The fraction of sp³-hybridized carbons (Fsp3) is 0.385. The third kappa shape index (κ3) is 5.38. The van der Waals surface area contributed by atoms with Gasteiger partial charge in [0.2, 0.25) is 0 Å². The van der Waals surface area contributed by atoms with Gasteiger partial charge in [0.1, 0.15) is 9.84 Å². The molecular weight excluding hydrogens is 278 g/mol. The number of carbonyl (C=O) groups excluding carboxylic acids is 1. The van der Waals surface area contributed by atoms with Crippen LogP contribution in [0.4, 0.5) is 0 Å². The van der Waals surface area contributed by atoms with Crippen molar-refractivity contribution in [1.82, 2.24) is 10.3 Å². The van der Waals surface area contributed by atoms with Gasteiger partial charge in [0.05, 0.1) is 23.4 Å². The number of aromatic nitrogens is 1. The van der Waals surface area contributed by atoms with E-state index in [0.29, 0.717) is 11.1 Å². The number of amides is 1. The maximum Gasteiger partial charge on any atom is 0.252 e. The molecule has 6 nitrogen and oxygen atoms in total. The lowest BCUT2D eigenvalue weighted by molar-refractivity contribution is 0.0943. The van der Waals surface area contributed by atoms with E-state index in [0.717, 1.165) is 6.26 Å². The Bertz CT molecular complexity index is 644. The van der Waals surface area contributed by atoms with E-state index in [-0.39, 0.29) is 18.2 Å². The first-order valence-corrected chi connectivity index (χ1v) is 8.01. The Balaban J connectivity index is 2.88. The molecule has 0 spiro atoms. The lowest BCUT2D eigenvalue weighted by atomic mass is 10.1. The zero-order valence-electron chi connectivity index (χ0n) is 11.4. The average Bonchev–Trinajstić information content (AvgIpc) is 2.34. The van der Waals surface area contributed by atoms with Crippen molar-refractivity contribution in [3.63, 3.8) is 0 Å². The number of nitrogens with zero attached hydrogens (tertiary/aromatic N) is 1. The van der Waals surface area contributed by atoms with Crippen LogP contribution in [0.5, 0.6) is 0 Å². The van der Waals surface area contributed by atoms with Crippen molar-refractivity contribution in [3.05, 3.63) is 29.6 Å². The molecule has 3 N–H and O–H groups in total. The van der Waals surface area contributed by atoms with Gasteiger partial charge < -0.3 is 11.1 Å². The van der Waals surface area contributed by atoms with E-state index in [1.165, 1.54) is 18.5 Å². The summed E-state index contributed by atoms with van der Waals surface area (Å²) in [7, 11) is -3.15. The van der Waals surface area contributed by atoms with E-state index in [2.05, 4.69) is 22.1 Å². The van der Waals surface area contributed by atoms with Crippen molar-refractivity contribution in [2.24, 2.45) is 5.73 Å². The second-order valence-corrected chi connectivity index (χ2v) is 6.58. The predicted molar refractivity (Wildman–Crippen MR) is 76.8 cm³/mol. The minimum absolute atomic E-state index is 0.117. The topological polar surface area (TPSA) is 102 Å². The third-order valence-electron chi connectivity index (χ3n) is 2.32. The standard InChI is InChI=1S/C13H17N3O3S/c1-10(9-20(2,18)19)16-13(17)12-5-7-15-8-11(12)4-3-6-14/h5,7-8,10H,6,9,14H2,1-2H3,(H,16,17). The highest BCUT2D eigenvalue weighted by atomic mass is 32.2. The van der Waals surface area contributed by atoms with Gasteiger partial charge in [-0.25, -0.2) is 8.42 Å². The molecule has 0 aliphatic heterocycles. The molecule has 108 valence electrons. The van der Waals surface area contributed by atoms with E-state index in [9.17, 15) is 13.2 Å². The summed E-state index contributed by atoms with van der Waals surface area (Å²) in [5, 5.41) is 2.62. The van der Waals surface area contributed by atoms with E-state index < -0.39 is 15.9 Å². The summed E-state index contributed by atoms with van der Waals surface area (Å²) >= 11 is 0. The Hall–Kier alpha value is -1.91. The molecule has 0 radical (unpaired) electrons. The molecule has 1 heterocycles. The van der Waals surface area contributed by atoms with Crippen molar-refractivity contribution in [1.29, 1.82) is 0 Å². The SMILES string of the molecule is CC(CS(C)(=O)=O)NC(=O)c1ccncc1C#CCN. The Kier molecular flexibility index (Phi) is 5.67. The van der Waals surface area contributed by atoms with Gasteiger partial charge in [0, 0.05) is 24.7 Å². The summed E-state index contributed by atoms with van der Waals surface area (Å²) in [6.45, 7) is 1.81. The lowest BCUT2D eigenvalue weighted by Crippen LogP contribution is -2.37. The number of hydrogen-bond donors (Lipinski definition) is 2. The Morgan fingerprint density at radius 3 is 2.85 bits per heavy atom. The van der Waals surface area contributed by atoms with Crippen LogP contribution in [0.2, 0.25) is 0 Å². The fourth-order valence-electron chi connectivity index (χ4n) is 1.64. The number of pyridine rings is 1. The van der Waals surface area contributed by atoms with Gasteiger partial charge in [-0.05, 0) is 13.0 Å². The first kappa shape index (κ1) is 16.1. The number of rotatable bonds is 4. The molecule has 1 rings (SSSR count). The predicted octanol–water partition coefficient (Wildman–Crippen LogP) is -0.445. The Morgan fingerprint density at radius 1 is 1.55 bits per heavy atom. The van der Waals surface area contributed by atoms with Crippen molar-refractivity contribution in [2.45, 2.75) is 13.0 Å². The van der Waals surface area contributed by atoms with Crippen LogP contribution in [0.1, 0.15) is 22.8 Å². The second kappa shape index (κ2) is 7.03. The highest BCUT2D eigenvalue weighted by Gasteiger charge is 2.16. The van der Waals surface area contributed by atoms with Gasteiger partial charge in [0.15, 0.2) is 0 Å². The molecule has 0 aliphatic carbocycles. The number of nitrogens with one attached hydrogen (secondary N) is 1. The molecule has 0 aromatic carbocycles. The van der Waals surface area contributed by atoms with Crippen LogP contribution in [0.3, 0.4) is 0 Å². The molecule has 20 heavy (non-hydrogen) atoms. The van der Waals surface area contributed by atoms with E-state index in [1.807, 2.05) is 0 Å². The van der Waals surface area contributed by atoms with E-state index in [4.69, 9.17) is 5.73 Å². The summed E-state index contributed by atoms with van der Waals surface area (Å²) < 4.78 is 22.3. The lowest BCUT2D eigenvalue weighted by Gasteiger charge is -2.13. The first-order valence-electron chi connectivity index (χ1n) is 5.95. The Morgan fingerprint density at radius 2 is 2.25 bits per heavy atom. The van der Waals surface area contributed by atoms with Crippen LogP contribution >= 0.6 is 0 Å². The highest BCUT2D eigenvalue weighted by molar-refractivity contribution is 7.90. The van der Waals surface area contributed by atoms with Gasteiger partial charge in [-0.2, -0.15) is 0 Å². The van der Waals surface area contributed by atoms with E-state index in [1.54, 1.807) is 6.92 Å². The van der Waals surface area contributed by atoms with Crippen LogP contribution in [0, 0.1) is 11.8 Å². The molecule has 1 aromatic rings. The molecule has 0 aliphatic rings. The van der Waals surface area contributed by atoms with Gasteiger partial charge in [-0.1, -0.05) is 11.8 Å². The van der Waals surface area contributed by atoms with Crippen molar-refractivity contribution in [2.75, 3.05) is 18.6 Å². The molecule has 0 saturated carbocycles. The summed E-state index contributed by atoms with van der Waals surface area (Å²) in [5.41, 5.74) is 6.10. The summed E-state index contributed by atoms with van der Waals surface area (Å²) in [5.74, 6) is 4.91. The molecule has 1 amide bonds. The fourth-order valence-corrected chi connectivity index (χ4v) is 2.63. The van der Waals surface area contributed by atoms with Crippen LogP contribution in [0.15, 0.2) is 18.5 Å². The normalized spacial score (nSPS) is 12.2. The van der Waals surface area contributed by atoms with Crippen LogP contribution in [-0.2, 0) is 9.84 Å². The molecule has 7 heteroatoms. The summed E-state index contributed by atoms with van der Waals surface area (Å²) in [6.07, 6.45) is 4.07. The van der Waals surface area contributed by atoms with Gasteiger partial charge in [-0.15, -0.1) is 0 Å². The maximum atomic E-state index is 12.1. The van der Waals surface area contributed by atoms with E-state index >= 15 is 0 Å². The molecule has 0 fully saturated rings. The van der Waals surface area contributed by atoms with Crippen molar-refractivity contribution >= 4 is 15.7 Å². The molecule has 1 unspecified atom stereocenters. The summed E-state index contributed by atoms with van der Waals surface area (Å²) in [4.78, 5) is 16.0. The smallest absolute Gasteiger partial charge is 0.252 e. The van der Waals surface area contributed by atoms with Gasteiger partial charge >= 0.3 is 0 Å². The largest absolute Gasteiger partial charge is 0.349 e. The number of hydrogen-bond acceptors (Lipinski definition) is 5. The molecule has 0 saturated heterocycles. The number of sulfone groups is 1. The molecule has 0 bridgehead atoms. The summed E-state index contributed by atoms with van der Waals surface area (Å²) in [6, 6.07) is 1.05. The van der Waals surface area contributed by atoms with Crippen molar-refractivity contribution in [3.8, 4) is 11.8 Å². The van der Waals surface area contributed by atoms with Crippen LogP contribution < -0.4 is 11.1 Å². The zero-order valence-corrected chi connectivity index (χ0v) is 12.2. The maximum absolute atomic E-state index is 12.1. The second-order valence-electron chi connectivity index (χ2n) is 4.39.